The van der Waals surface area contributed by atoms with Gasteiger partial charge in [-0.1, -0.05) is 0 Å². The van der Waals surface area contributed by atoms with Crippen molar-refractivity contribution in [3.63, 3.8) is 0 Å². The van der Waals surface area contributed by atoms with Gasteiger partial charge in [-0.05, 0) is 18.2 Å². The zero-order valence-electron chi connectivity index (χ0n) is 9.51. The molecule has 0 bridgehead atoms. The summed E-state index contributed by atoms with van der Waals surface area (Å²) >= 11 is 4.19. The van der Waals surface area contributed by atoms with Crippen molar-refractivity contribution in [3.05, 3.63) is 23.8 Å². The predicted octanol–water partition coefficient (Wildman–Crippen LogP) is 0.0922. The number of carbonyl (C=O) groups is 1. The van der Waals surface area contributed by atoms with Gasteiger partial charge in [-0.15, -0.1) is 12.6 Å². The highest BCUT2D eigenvalue weighted by Gasteiger charge is 2.14. The molecule has 0 aromatic heterocycles. The van der Waals surface area contributed by atoms with Gasteiger partial charge in [-0.25, -0.2) is 0 Å². The van der Waals surface area contributed by atoms with Crippen molar-refractivity contribution >= 4 is 18.5 Å². The van der Waals surface area contributed by atoms with E-state index in [-0.39, 0.29) is 19.0 Å². The number of carbonyl (C=O) groups excluding carboxylic acids is 1. The molecule has 0 spiro atoms. The minimum absolute atomic E-state index is 0.0869. The number of aliphatic hydroxyl groups is 1. The fraction of sp³-hybridized carbons (Fsp3) is 0.364. The lowest BCUT2D eigenvalue weighted by Gasteiger charge is -2.15. The topological polar surface area (TPSA) is 84.6 Å². The number of rotatable bonds is 5. The lowest BCUT2D eigenvalue weighted by molar-refractivity contribution is -0.120. The second kappa shape index (κ2) is 6.48. The Morgan fingerprint density at radius 1 is 1.65 bits per heavy atom. The van der Waals surface area contributed by atoms with E-state index in [1.807, 2.05) is 0 Å². The van der Waals surface area contributed by atoms with Gasteiger partial charge in [0.1, 0.15) is 5.75 Å². The Kier molecular flexibility index (Phi) is 5.27. The summed E-state index contributed by atoms with van der Waals surface area (Å²) < 4.78 is 5.12. The molecule has 17 heavy (non-hydrogen) atoms. The summed E-state index contributed by atoms with van der Waals surface area (Å²) in [5.74, 6) is 0.238. The molecule has 1 aromatic rings. The maximum atomic E-state index is 11.0. The molecule has 5 nitrogen and oxygen atoms in total. The Balaban J connectivity index is 2.76. The van der Waals surface area contributed by atoms with Crippen molar-refractivity contribution in [3.8, 4) is 5.75 Å². The molecule has 1 amide bonds. The van der Waals surface area contributed by atoms with Crippen LogP contribution >= 0.6 is 12.6 Å². The van der Waals surface area contributed by atoms with Crippen LogP contribution in [0.4, 0.5) is 0 Å². The molecule has 0 heterocycles. The van der Waals surface area contributed by atoms with Crippen LogP contribution in [-0.2, 0) is 4.79 Å². The quantitative estimate of drug-likeness (QED) is 0.563. The molecule has 0 fully saturated rings. The Morgan fingerprint density at radius 2 is 2.35 bits per heavy atom. The summed E-state index contributed by atoms with van der Waals surface area (Å²) in [7, 11) is 1.52. The van der Waals surface area contributed by atoms with Crippen LogP contribution in [0.25, 0.3) is 0 Å². The average molecular weight is 256 g/mol. The molecule has 94 valence electrons. The Bertz CT molecular complexity index is 398. The van der Waals surface area contributed by atoms with Gasteiger partial charge < -0.3 is 20.9 Å². The number of ether oxygens (including phenoxy) is 1. The van der Waals surface area contributed by atoms with Gasteiger partial charge in [0.05, 0.1) is 19.8 Å². The molecule has 0 radical (unpaired) electrons. The molecule has 1 aromatic carbocycles. The second-order valence-electron chi connectivity index (χ2n) is 3.45. The zero-order chi connectivity index (χ0) is 12.8. The van der Waals surface area contributed by atoms with Crippen molar-refractivity contribution in [2.45, 2.75) is 11.0 Å². The summed E-state index contributed by atoms with van der Waals surface area (Å²) in [5.41, 5.74) is 5.73. The number of thiol groups is 1. The first-order valence-electron chi connectivity index (χ1n) is 5.10. The van der Waals surface area contributed by atoms with Gasteiger partial charge in [0.2, 0.25) is 5.91 Å². The molecule has 0 saturated carbocycles. The van der Waals surface area contributed by atoms with Gasteiger partial charge in [0, 0.05) is 17.0 Å². The monoisotopic (exact) mass is 256 g/mol. The van der Waals surface area contributed by atoms with Crippen molar-refractivity contribution < 1.29 is 14.6 Å². The minimum atomic E-state index is -0.854. The van der Waals surface area contributed by atoms with Gasteiger partial charge in [-0.2, -0.15) is 0 Å². The van der Waals surface area contributed by atoms with Gasteiger partial charge in [0.25, 0.3) is 0 Å². The van der Waals surface area contributed by atoms with E-state index in [0.717, 1.165) is 0 Å². The number of hydrogen-bond donors (Lipinski definition) is 4. The minimum Gasteiger partial charge on any atom is -0.496 e. The first-order chi connectivity index (χ1) is 8.08. The van der Waals surface area contributed by atoms with E-state index in [9.17, 15) is 9.90 Å². The molecule has 1 rings (SSSR count). The largest absolute Gasteiger partial charge is 0.496 e. The zero-order valence-corrected chi connectivity index (χ0v) is 10.4. The van der Waals surface area contributed by atoms with Crippen LogP contribution in [0.2, 0.25) is 0 Å². The van der Waals surface area contributed by atoms with E-state index in [1.165, 1.54) is 7.11 Å². The number of methoxy groups -OCH3 is 1. The van der Waals surface area contributed by atoms with E-state index in [0.29, 0.717) is 16.2 Å². The number of aliphatic hydroxyl groups excluding tert-OH is 1. The maximum absolute atomic E-state index is 11.0. The highest BCUT2D eigenvalue weighted by atomic mass is 32.1. The highest BCUT2D eigenvalue weighted by Crippen LogP contribution is 2.27. The molecule has 0 aliphatic rings. The molecular formula is C11H16N2O3S. The molecule has 1 atom stereocenters. The molecule has 0 aliphatic heterocycles. The van der Waals surface area contributed by atoms with Gasteiger partial charge in [0.15, 0.2) is 0 Å². The fourth-order valence-corrected chi connectivity index (χ4v) is 1.59. The average Bonchev–Trinajstić information content (AvgIpc) is 2.35. The third-order valence-corrected chi connectivity index (χ3v) is 2.53. The Labute approximate surface area is 105 Å². The fourth-order valence-electron chi connectivity index (χ4n) is 1.37. The number of hydrogen-bond acceptors (Lipinski definition) is 5. The first-order valence-corrected chi connectivity index (χ1v) is 5.55. The number of benzene rings is 1. The molecule has 6 heteroatoms. The SMILES string of the molecule is COc1ccc(S)cc1C(O)CNC(=O)CN. The molecule has 1 unspecified atom stereocenters. The second-order valence-corrected chi connectivity index (χ2v) is 3.97. The third kappa shape index (κ3) is 3.92. The third-order valence-electron chi connectivity index (χ3n) is 2.25. The van der Waals surface area contributed by atoms with Crippen molar-refractivity contribution in [2.24, 2.45) is 5.73 Å². The van der Waals surface area contributed by atoms with Crippen molar-refractivity contribution in [1.82, 2.24) is 5.32 Å². The Morgan fingerprint density at radius 3 is 2.94 bits per heavy atom. The van der Waals surface area contributed by atoms with E-state index in [1.54, 1.807) is 18.2 Å². The summed E-state index contributed by atoms with van der Waals surface area (Å²) in [6.07, 6.45) is -0.854. The maximum Gasteiger partial charge on any atom is 0.233 e. The first kappa shape index (κ1) is 13.8. The smallest absolute Gasteiger partial charge is 0.233 e. The molecular weight excluding hydrogens is 240 g/mol. The Hall–Kier alpha value is -1.24. The van der Waals surface area contributed by atoms with Gasteiger partial charge in [-0.3, -0.25) is 4.79 Å². The summed E-state index contributed by atoms with van der Waals surface area (Å²) in [4.78, 5) is 11.7. The normalized spacial score (nSPS) is 12.0. The predicted molar refractivity (Wildman–Crippen MR) is 67.3 cm³/mol. The van der Waals surface area contributed by atoms with Crippen molar-refractivity contribution in [2.75, 3.05) is 20.2 Å². The molecule has 0 aliphatic carbocycles. The number of nitrogens with one attached hydrogen (secondary N) is 1. The summed E-state index contributed by atoms with van der Waals surface area (Å²) in [6, 6.07) is 5.17. The highest BCUT2D eigenvalue weighted by molar-refractivity contribution is 7.80. The van der Waals surface area contributed by atoms with E-state index >= 15 is 0 Å². The van der Waals surface area contributed by atoms with E-state index in [2.05, 4.69) is 17.9 Å². The van der Waals surface area contributed by atoms with Crippen LogP contribution < -0.4 is 15.8 Å². The lowest BCUT2D eigenvalue weighted by Crippen LogP contribution is -2.33. The number of amides is 1. The summed E-state index contributed by atoms with van der Waals surface area (Å²) in [5, 5.41) is 12.4. The van der Waals surface area contributed by atoms with Crippen LogP contribution in [0.15, 0.2) is 23.1 Å². The van der Waals surface area contributed by atoms with Crippen LogP contribution in [0.3, 0.4) is 0 Å². The van der Waals surface area contributed by atoms with E-state index < -0.39 is 6.10 Å². The number of nitrogens with two attached hydrogens (primary N) is 1. The standard InChI is InChI=1S/C11H16N2O3S/c1-16-10-3-2-7(17)4-8(10)9(14)6-13-11(15)5-12/h2-4,9,14,17H,5-6,12H2,1H3,(H,13,15). The van der Waals surface area contributed by atoms with E-state index in [4.69, 9.17) is 10.5 Å². The van der Waals surface area contributed by atoms with Crippen molar-refractivity contribution in [1.29, 1.82) is 0 Å². The molecule has 4 N–H and O–H groups in total. The van der Waals surface area contributed by atoms with Crippen LogP contribution in [0.1, 0.15) is 11.7 Å². The van der Waals surface area contributed by atoms with Gasteiger partial charge >= 0.3 is 0 Å². The van der Waals surface area contributed by atoms with Crippen LogP contribution in [0.5, 0.6) is 5.75 Å². The van der Waals surface area contributed by atoms with Crippen LogP contribution in [-0.4, -0.2) is 31.2 Å². The lowest BCUT2D eigenvalue weighted by atomic mass is 10.1. The van der Waals surface area contributed by atoms with Crippen LogP contribution in [0, 0.1) is 0 Å². The summed E-state index contributed by atoms with van der Waals surface area (Å²) in [6.45, 7) is -0.0138. The molecule has 0 saturated heterocycles.